The summed E-state index contributed by atoms with van der Waals surface area (Å²) in [6.45, 7) is 2.12. The first-order chi connectivity index (χ1) is 9.60. The number of nitrogens with one attached hydrogen (secondary N) is 1. The predicted octanol–water partition coefficient (Wildman–Crippen LogP) is 1.84. The summed E-state index contributed by atoms with van der Waals surface area (Å²) < 4.78 is 10.4. The van der Waals surface area contributed by atoms with Crippen molar-refractivity contribution < 1.29 is 13.9 Å². The van der Waals surface area contributed by atoms with Crippen LogP contribution in [0.25, 0.3) is 11.0 Å². The molecule has 1 heterocycles. The molecule has 1 aromatic heterocycles. The Labute approximate surface area is 120 Å². The maximum Gasteiger partial charge on any atom is 0.336 e. The topological polar surface area (TPSA) is 68.5 Å². The number of fused-ring (bicyclic) bond motifs is 1. The molecular formula is C14H14ClNO4. The molecule has 0 aliphatic carbocycles. The number of ether oxygens (including phenoxy) is 1. The van der Waals surface area contributed by atoms with Gasteiger partial charge in [-0.2, -0.15) is 0 Å². The van der Waals surface area contributed by atoms with Crippen LogP contribution in [0.4, 0.5) is 0 Å². The van der Waals surface area contributed by atoms with Crippen molar-refractivity contribution in [2.24, 2.45) is 0 Å². The summed E-state index contributed by atoms with van der Waals surface area (Å²) >= 11 is 5.46. The Morgan fingerprint density at radius 3 is 2.95 bits per heavy atom. The molecule has 2 rings (SSSR count). The molecule has 1 amide bonds. The molecule has 0 spiro atoms. The Bertz CT molecular complexity index is 680. The van der Waals surface area contributed by atoms with Crippen molar-refractivity contribution in [3.63, 3.8) is 0 Å². The molecule has 5 nitrogen and oxygen atoms in total. The number of aryl methyl sites for hydroxylation is 1. The van der Waals surface area contributed by atoms with Crippen molar-refractivity contribution in [1.29, 1.82) is 0 Å². The molecule has 0 bridgehead atoms. The molecule has 106 valence electrons. The lowest BCUT2D eigenvalue weighted by molar-refractivity contribution is -0.122. The molecule has 0 saturated heterocycles. The number of carbonyl (C=O) groups excluding carboxylic acids is 1. The van der Waals surface area contributed by atoms with Crippen molar-refractivity contribution >= 4 is 28.5 Å². The monoisotopic (exact) mass is 295 g/mol. The molecular weight excluding hydrogens is 282 g/mol. The molecule has 6 heteroatoms. The third-order valence-electron chi connectivity index (χ3n) is 2.71. The first-order valence-electron chi connectivity index (χ1n) is 6.10. The smallest absolute Gasteiger partial charge is 0.336 e. The Kier molecular flexibility index (Phi) is 4.63. The fourth-order valence-corrected chi connectivity index (χ4v) is 1.88. The zero-order valence-electron chi connectivity index (χ0n) is 10.9. The minimum absolute atomic E-state index is 0.113. The van der Waals surface area contributed by atoms with Crippen molar-refractivity contribution in [2.75, 3.05) is 19.0 Å². The zero-order valence-corrected chi connectivity index (χ0v) is 11.7. The number of halogens is 1. The number of alkyl halides is 1. The van der Waals surface area contributed by atoms with Crippen molar-refractivity contribution in [2.45, 2.75) is 6.92 Å². The highest BCUT2D eigenvalue weighted by Crippen LogP contribution is 2.22. The number of hydrogen-bond acceptors (Lipinski definition) is 4. The van der Waals surface area contributed by atoms with Gasteiger partial charge < -0.3 is 14.5 Å². The Balaban J connectivity index is 2.12. The minimum Gasteiger partial charge on any atom is -0.484 e. The molecule has 0 unspecified atom stereocenters. The Hall–Kier alpha value is -2.01. The lowest BCUT2D eigenvalue weighted by atomic mass is 10.1. The van der Waals surface area contributed by atoms with Gasteiger partial charge in [0.25, 0.3) is 5.91 Å². The molecule has 0 atom stereocenters. The highest BCUT2D eigenvalue weighted by Gasteiger charge is 2.06. The summed E-state index contributed by atoms with van der Waals surface area (Å²) in [6, 6.07) is 6.55. The number of amides is 1. The highest BCUT2D eigenvalue weighted by molar-refractivity contribution is 6.18. The zero-order chi connectivity index (χ0) is 14.5. The summed E-state index contributed by atoms with van der Waals surface area (Å²) in [7, 11) is 0. The Morgan fingerprint density at radius 2 is 2.20 bits per heavy atom. The van der Waals surface area contributed by atoms with Crippen LogP contribution in [-0.4, -0.2) is 24.9 Å². The summed E-state index contributed by atoms with van der Waals surface area (Å²) in [6.07, 6.45) is 0. The van der Waals surface area contributed by atoms with Gasteiger partial charge in [0.05, 0.1) is 0 Å². The van der Waals surface area contributed by atoms with Gasteiger partial charge in [0, 0.05) is 29.9 Å². The van der Waals surface area contributed by atoms with E-state index in [1.54, 1.807) is 18.2 Å². The molecule has 20 heavy (non-hydrogen) atoms. The standard InChI is InChI=1S/C14H14ClNO4/c1-9-6-14(18)20-12-7-10(2-3-11(9)12)19-8-13(17)16-5-4-15/h2-3,6-7H,4-5,8H2,1H3,(H,16,17). The van der Waals surface area contributed by atoms with Crippen molar-refractivity contribution in [3.8, 4) is 5.75 Å². The number of hydrogen-bond donors (Lipinski definition) is 1. The van der Waals surface area contributed by atoms with Gasteiger partial charge in [-0.15, -0.1) is 11.6 Å². The number of benzene rings is 1. The first-order valence-corrected chi connectivity index (χ1v) is 6.63. The van der Waals surface area contributed by atoms with E-state index in [2.05, 4.69) is 5.32 Å². The molecule has 2 aromatic rings. The van der Waals surface area contributed by atoms with Gasteiger partial charge in [0.1, 0.15) is 11.3 Å². The van der Waals surface area contributed by atoms with Crippen LogP contribution in [0.3, 0.4) is 0 Å². The summed E-state index contributed by atoms with van der Waals surface area (Å²) in [5, 5.41) is 3.43. The summed E-state index contributed by atoms with van der Waals surface area (Å²) in [4.78, 5) is 22.7. The van der Waals surface area contributed by atoms with E-state index in [0.29, 0.717) is 23.8 Å². The van der Waals surface area contributed by atoms with E-state index in [4.69, 9.17) is 20.8 Å². The highest BCUT2D eigenvalue weighted by atomic mass is 35.5. The van der Waals surface area contributed by atoms with E-state index >= 15 is 0 Å². The van der Waals surface area contributed by atoms with Crippen LogP contribution in [0.2, 0.25) is 0 Å². The quantitative estimate of drug-likeness (QED) is 0.675. The summed E-state index contributed by atoms with van der Waals surface area (Å²) in [5.41, 5.74) is 0.864. The minimum atomic E-state index is -0.410. The van der Waals surface area contributed by atoms with Crippen LogP contribution in [0, 0.1) is 6.92 Å². The number of rotatable bonds is 5. The van der Waals surface area contributed by atoms with Crippen LogP contribution in [-0.2, 0) is 4.79 Å². The second kappa shape index (κ2) is 6.43. The fraction of sp³-hybridized carbons (Fsp3) is 0.286. The number of carbonyl (C=O) groups is 1. The predicted molar refractivity (Wildman–Crippen MR) is 76.4 cm³/mol. The van der Waals surface area contributed by atoms with E-state index in [9.17, 15) is 9.59 Å². The molecule has 0 radical (unpaired) electrons. The van der Waals surface area contributed by atoms with Gasteiger partial charge in [-0.1, -0.05) is 0 Å². The molecule has 0 aliphatic rings. The average molecular weight is 296 g/mol. The van der Waals surface area contributed by atoms with Gasteiger partial charge in [0.2, 0.25) is 0 Å². The molecule has 1 N–H and O–H groups in total. The van der Waals surface area contributed by atoms with Gasteiger partial charge in [-0.3, -0.25) is 4.79 Å². The van der Waals surface area contributed by atoms with E-state index in [0.717, 1.165) is 10.9 Å². The van der Waals surface area contributed by atoms with Gasteiger partial charge in [0.15, 0.2) is 6.61 Å². The van der Waals surface area contributed by atoms with E-state index in [-0.39, 0.29) is 12.5 Å². The van der Waals surface area contributed by atoms with Crippen molar-refractivity contribution in [3.05, 3.63) is 40.2 Å². The maximum atomic E-state index is 11.4. The molecule has 0 fully saturated rings. The SMILES string of the molecule is Cc1cc(=O)oc2cc(OCC(=O)NCCCl)ccc12. The van der Waals surface area contributed by atoms with Gasteiger partial charge in [-0.05, 0) is 24.6 Å². The summed E-state index contributed by atoms with van der Waals surface area (Å²) in [5.74, 6) is 0.565. The Morgan fingerprint density at radius 1 is 1.40 bits per heavy atom. The van der Waals surface area contributed by atoms with Gasteiger partial charge in [-0.25, -0.2) is 4.79 Å². The lowest BCUT2D eigenvalue weighted by Crippen LogP contribution is -2.30. The molecule has 1 aromatic carbocycles. The van der Waals surface area contributed by atoms with Gasteiger partial charge >= 0.3 is 5.63 Å². The third-order valence-corrected chi connectivity index (χ3v) is 2.90. The molecule has 0 saturated carbocycles. The average Bonchev–Trinajstić information content (AvgIpc) is 2.42. The van der Waals surface area contributed by atoms with Crippen molar-refractivity contribution in [1.82, 2.24) is 5.32 Å². The van der Waals surface area contributed by atoms with Crippen LogP contribution in [0.1, 0.15) is 5.56 Å². The lowest BCUT2D eigenvalue weighted by Gasteiger charge is -2.07. The largest absolute Gasteiger partial charge is 0.484 e. The third kappa shape index (κ3) is 3.51. The second-order valence-corrected chi connectivity index (χ2v) is 4.61. The van der Waals surface area contributed by atoms with Crippen LogP contribution in [0.5, 0.6) is 5.75 Å². The van der Waals surface area contributed by atoms with Crippen LogP contribution >= 0.6 is 11.6 Å². The fourth-order valence-electron chi connectivity index (χ4n) is 1.78. The maximum absolute atomic E-state index is 11.4. The van der Waals surface area contributed by atoms with Crippen LogP contribution < -0.4 is 15.7 Å². The molecule has 0 aliphatic heterocycles. The normalized spacial score (nSPS) is 10.5. The first kappa shape index (κ1) is 14.4. The van der Waals surface area contributed by atoms with E-state index < -0.39 is 5.63 Å². The van der Waals surface area contributed by atoms with Crippen LogP contribution in [0.15, 0.2) is 33.5 Å². The van der Waals surface area contributed by atoms with E-state index in [1.165, 1.54) is 6.07 Å². The second-order valence-electron chi connectivity index (χ2n) is 4.23. The van der Waals surface area contributed by atoms with E-state index in [1.807, 2.05) is 6.92 Å².